The third-order valence-electron chi connectivity index (χ3n) is 3.10. The highest BCUT2D eigenvalue weighted by molar-refractivity contribution is 6.31. The van der Waals surface area contributed by atoms with Gasteiger partial charge in [0.1, 0.15) is 17.7 Å². The second-order valence-corrected chi connectivity index (χ2v) is 5.63. The van der Waals surface area contributed by atoms with Crippen molar-refractivity contribution >= 4 is 23.2 Å². The molecule has 0 radical (unpaired) electrons. The van der Waals surface area contributed by atoms with E-state index in [9.17, 15) is 9.50 Å². The Labute approximate surface area is 133 Å². The highest BCUT2D eigenvalue weighted by Gasteiger charge is 2.18. The Kier molecular flexibility index (Phi) is 5.45. The molecule has 0 heterocycles. The zero-order valence-electron chi connectivity index (χ0n) is 11.4. The van der Waals surface area contributed by atoms with Crippen LogP contribution in [0.4, 0.5) is 4.39 Å². The van der Waals surface area contributed by atoms with Crippen LogP contribution in [0.3, 0.4) is 0 Å². The number of aliphatic hydroxyl groups excluding tert-OH is 1. The minimum atomic E-state index is -0.771. The van der Waals surface area contributed by atoms with Crippen LogP contribution in [-0.2, 0) is 6.42 Å². The van der Waals surface area contributed by atoms with Gasteiger partial charge in [0.15, 0.2) is 0 Å². The Balaban J connectivity index is 2.00. The van der Waals surface area contributed by atoms with E-state index in [1.165, 1.54) is 12.1 Å². The Morgan fingerprint density at radius 1 is 1.19 bits per heavy atom. The van der Waals surface area contributed by atoms with E-state index in [1.54, 1.807) is 37.3 Å². The van der Waals surface area contributed by atoms with Crippen LogP contribution < -0.4 is 4.74 Å². The summed E-state index contributed by atoms with van der Waals surface area (Å²) in [5.41, 5.74) is 0.673. The average Bonchev–Trinajstić information content (AvgIpc) is 2.41. The minimum absolute atomic E-state index is 0.279. The molecule has 2 rings (SSSR count). The van der Waals surface area contributed by atoms with Crippen LogP contribution in [0.1, 0.15) is 12.5 Å². The first-order valence-corrected chi connectivity index (χ1v) is 7.25. The van der Waals surface area contributed by atoms with Crippen molar-refractivity contribution in [2.45, 2.75) is 25.6 Å². The average molecular weight is 329 g/mol. The largest absolute Gasteiger partial charge is 0.488 e. The number of benzene rings is 2. The van der Waals surface area contributed by atoms with E-state index in [1.807, 2.05) is 0 Å². The van der Waals surface area contributed by atoms with Crippen LogP contribution in [0.25, 0.3) is 0 Å². The van der Waals surface area contributed by atoms with Crippen molar-refractivity contribution in [1.82, 2.24) is 0 Å². The molecule has 2 atom stereocenters. The number of aliphatic hydroxyl groups is 1. The monoisotopic (exact) mass is 328 g/mol. The fraction of sp³-hybridized carbons (Fsp3) is 0.250. The summed E-state index contributed by atoms with van der Waals surface area (Å²) in [5, 5.41) is 11.0. The van der Waals surface area contributed by atoms with E-state index >= 15 is 0 Å². The molecular formula is C16H15Cl2FO2. The highest BCUT2D eigenvalue weighted by Crippen LogP contribution is 2.22. The van der Waals surface area contributed by atoms with Gasteiger partial charge in [-0.05, 0) is 42.8 Å². The summed E-state index contributed by atoms with van der Waals surface area (Å²) < 4.78 is 18.6. The maximum atomic E-state index is 13.0. The second-order valence-electron chi connectivity index (χ2n) is 4.79. The number of rotatable bonds is 5. The number of hydrogen-bond acceptors (Lipinski definition) is 2. The Hall–Kier alpha value is -1.29. The normalized spacial score (nSPS) is 13.8. The van der Waals surface area contributed by atoms with Gasteiger partial charge in [-0.25, -0.2) is 4.39 Å². The molecule has 112 valence electrons. The van der Waals surface area contributed by atoms with Crippen LogP contribution in [0, 0.1) is 5.82 Å². The summed E-state index contributed by atoms with van der Waals surface area (Å²) in [4.78, 5) is 0. The molecule has 2 aromatic carbocycles. The lowest BCUT2D eigenvalue weighted by molar-refractivity contribution is 0.0479. The molecular weight excluding hydrogens is 314 g/mol. The zero-order chi connectivity index (χ0) is 15.4. The number of ether oxygens (including phenoxy) is 1. The molecule has 0 aliphatic heterocycles. The molecule has 0 saturated heterocycles. The number of hydrogen-bond donors (Lipinski definition) is 1. The Bertz CT molecular complexity index is 619. The fourth-order valence-electron chi connectivity index (χ4n) is 1.91. The third kappa shape index (κ3) is 4.60. The molecule has 0 amide bonds. The molecule has 0 aliphatic carbocycles. The van der Waals surface area contributed by atoms with Gasteiger partial charge in [-0.3, -0.25) is 0 Å². The van der Waals surface area contributed by atoms with E-state index in [2.05, 4.69) is 0 Å². The smallest absolute Gasteiger partial charge is 0.124 e. The quantitative estimate of drug-likeness (QED) is 0.875. The first-order chi connectivity index (χ1) is 9.95. The van der Waals surface area contributed by atoms with Crippen molar-refractivity contribution in [1.29, 1.82) is 0 Å². The van der Waals surface area contributed by atoms with E-state index < -0.39 is 18.0 Å². The predicted molar refractivity (Wildman–Crippen MR) is 82.7 cm³/mol. The molecule has 0 fully saturated rings. The molecule has 0 bridgehead atoms. The van der Waals surface area contributed by atoms with Crippen LogP contribution >= 0.6 is 23.2 Å². The van der Waals surface area contributed by atoms with Crippen LogP contribution in [0.5, 0.6) is 5.75 Å². The zero-order valence-corrected chi connectivity index (χ0v) is 12.9. The van der Waals surface area contributed by atoms with Gasteiger partial charge in [0.2, 0.25) is 0 Å². The minimum Gasteiger partial charge on any atom is -0.488 e. The summed E-state index contributed by atoms with van der Waals surface area (Å²) in [5.74, 6) is 0.181. The van der Waals surface area contributed by atoms with Crippen molar-refractivity contribution in [3.63, 3.8) is 0 Å². The van der Waals surface area contributed by atoms with Gasteiger partial charge in [-0.15, -0.1) is 0 Å². The molecule has 0 spiro atoms. The van der Waals surface area contributed by atoms with Gasteiger partial charge in [-0.2, -0.15) is 0 Å². The SMILES string of the molecule is CC(Oc1cccc(Cl)c1)C(O)Cc1ccc(F)cc1Cl. The Morgan fingerprint density at radius 2 is 1.95 bits per heavy atom. The van der Waals surface area contributed by atoms with Gasteiger partial charge in [-0.1, -0.05) is 35.3 Å². The summed E-state index contributed by atoms with van der Waals surface area (Å²) in [6.45, 7) is 1.75. The molecule has 5 heteroatoms. The fourth-order valence-corrected chi connectivity index (χ4v) is 2.34. The van der Waals surface area contributed by atoms with Crippen molar-refractivity contribution in [2.24, 2.45) is 0 Å². The lowest BCUT2D eigenvalue weighted by Gasteiger charge is -2.21. The van der Waals surface area contributed by atoms with E-state index in [4.69, 9.17) is 27.9 Å². The van der Waals surface area contributed by atoms with Gasteiger partial charge in [0.05, 0.1) is 6.10 Å². The molecule has 1 N–H and O–H groups in total. The third-order valence-corrected chi connectivity index (χ3v) is 3.69. The standard InChI is InChI=1S/C16H15Cl2FO2/c1-10(21-14-4-2-3-12(17)8-14)16(20)7-11-5-6-13(19)9-15(11)18/h2-6,8-10,16,20H,7H2,1H3. The van der Waals surface area contributed by atoms with Gasteiger partial charge in [0, 0.05) is 16.5 Å². The molecule has 0 aliphatic rings. The summed E-state index contributed by atoms with van der Waals surface area (Å²) >= 11 is 11.8. The van der Waals surface area contributed by atoms with E-state index in [0.29, 0.717) is 21.4 Å². The first-order valence-electron chi connectivity index (χ1n) is 6.50. The lowest BCUT2D eigenvalue weighted by Crippen LogP contribution is -2.30. The van der Waals surface area contributed by atoms with Crippen LogP contribution in [-0.4, -0.2) is 17.3 Å². The van der Waals surface area contributed by atoms with Gasteiger partial charge >= 0.3 is 0 Å². The van der Waals surface area contributed by atoms with Crippen LogP contribution in [0.2, 0.25) is 10.0 Å². The maximum absolute atomic E-state index is 13.0. The maximum Gasteiger partial charge on any atom is 0.124 e. The molecule has 2 aromatic rings. The highest BCUT2D eigenvalue weighted by atomic mass is 35.5. The van der Waals surface area contributed by atoms with Crippen molar-refractivity contribution in [3.05, 3.63) is 63.9 Å². The molecule has 21 heavy (non-hydrogen) atoms. The van der Waals surface area contributed by atoms with Crippen molar-refractivity contribution in [3.8, 4) is 5.75 Å². The molecule has 0 saturated carbocycles. The number of halogens is 3. The summed E-state index contributed by atoms with van der Waals surface area (Å²) in [6, 6.07) is 11.1. The predicted octanol–water partition coefficient (Wildman–Crippen LogP) is 4.50. The van der Waals surface area contributed by atoms with Crippen molar-refractivity contribution < 1.29 is 14.2 Å². The summed E-state index contributed by atoms with van der Waals surface area (Å²) in [7, 11) is 0. The summed E-state index contributed by atoms with van der Waals surface area (Å²) in [6.07, 6.45) is -0.947. The molecule has 0 aromatic heterocycles. The van der Waals surface area contributed by atoms with Gasteiger partial charge < -0.3 is 9.84 Å². The first kappa shape index (κ1) is 16.1. The van der Waals surface area contributed by atoms with E-state index in [-0.39, 0.29) is 6.42 Å². The molecule has 2 unspecified atom stereocenters. The van der Waals surface area contributed by atoms with Crippen molar-refractivity contribution in [2.75, 3.05) is 0 Å². The van der Waals surface area contributed by atoms with Crippen LogP contribution in [0.15, 0.2) is 42.5 Å². The lowest BCUT2D eigenvalue weighted by atomic mass is 10.0. The van der Waals surface area contributed by atoms with Gasteiger partial charge in [0.25, 0.3) is 0 Å². The topological polar surface area (TPSA) is 29.5 Å². The van der Waals surface area contributed by atoms with E-state index in [0.717, 1.165) is 0 Å². The Morgan fingerprint density at radius 3 is 2.62 bits per heavy atom. The second kappa shape index (κ2) is 7.12. The molecule has 2 nitrogen and oxygen atoms in total.